The van der Waals surface area contributed by atoms with Crippen LogP contribution in [0, 0.1) is 0 Å². The zero-order chi connectivity index (χ0) is 17.0. The average Bonchev–Trinajstić information content (AvgIpc) is 3.23. The highest BCUT2D eigenvalue weighted by Crippen LogP contribution is 2.22. The first-order valence-electron chi connectivity index (χ1n) is 7.99. The Hall–Kier alpha value is -2.12. The highest BCUT2D eigenvalue weighted by atomic mass is 32.2. The predicted molar refractivity (Wildman–Crippen MR) is 90.2 cm³/mol. The molecule has 0 radical (unpaired) electrons. The second-order valence-electron chi connectivity index (χ2n) is 5.72. The molecule has 1 aliphatic rings. The summed E-state index contributed by atoms with van der Waals surface area (Å²) in [4.78, 5) is 13.6. The van der Waals surface area contributed by atoms with Crippen LogP contribution in [0.1, 0.15) is 25.0 Å². The fourth-order valence-electron chi connectivity index (χ4n) is 2.73. The summed E-state index contributed by atoms with van der Waals surface area (Å²) in [6.07, 6.45) is 4.35. The number of nitrogens with zero attached hydrogens (tertiary/aromatic N) is 1. The normalized spacial score (nSPS) is 15.2. The van der Waals surface area contributed by atoms with Gasteiger partial charge in [0.05, 0.1) is 11.2 Å². The quantitative estimate of drug-likeness (QED) is 0.779. The highest BCUT2D eigenvalue weighted by Gasteiger charge is 2.22. The molecule has 0 atom stereocenters. The second kappa shape index (κ2) is 7.19. The molecule has 0 unspecified atom stereocenters. The van der Waals surface area contributed by atoms with Crippen LogP contribution in [-0.2, 0) is 21.2 Å². The van der Waals surface area contributed by atoms with E-state index in [0.29, 0.717) is 32.4 Å². The Morgan fingerprint density at radius 3 is 2.58 bits per heavy atom. The van der Waals surface area contributed by atoms with Crippen molar-refractivity contribution in [1.29, 1.82) is 0 Å². The second-order valence-corrected chi connectivity index (χ2v) is 7.49. The molecular weight excluding hydrogens is 328 g/mol. The zero-order valence-electron chi connectivity index (χ0n) is 13.3. The Morgan fingerprint density at radius 1 is 1.17 bits per heavy atom. The molecule has 128 valence electrons. The summed E-state index contributed by atoms with van der Waals surface area (Å²) in [5, 5.41) is 0. The number of nitrogens with one attached hydrogen (secondary N) is 1. The van der Waals surface area contributed by atoms with Crippen LogP contribution in [0.2, 0.25) is 0 Å². The first kappa shape index (κ1) is 16.7. The molecule has 0 spiro atoms. The third-order valence-corrected chi connectivity index (χ3v) is 5.48. The van der Waals surface area contributed by atoms with Gasteiger partial charge in [-0.05, 0) is 49.2 Å². The van der Waals surface area contributed by atoms with E-state index < -0.39 is 10.0 Å². The Balaban J connectivity index is 1.56. The van der Waals surface area contributed by atoms with Gasteiger partial charge in [0.15, 0.2) is 0 Å². The van der Waals surface area contributed by atoms with Gasteiger partial charge in [-0.25, -0.2) is 13.1 Å². The molecule has 1 amide bonds. The van der Waals surface area contributed by atoms with Crippen molar-refractivity contribution in [3.63, 3.8) is 0 Å². The Labute approximate surface area is 141 Å². The van der Waals surface area contributed by atoms with Gasteiger partial charge in [-0.15, -0.1) is 0 Å². The van der Waals surface area contributed by atoms with Gasteiger partial charge in [-0.3, -0.25) is 4.79 Å². The number of anilines is 1. The minimum atomic E-state index is -3.54. The van der Waals surface area contributed by atoms with Gasteiger partial charge in [-0.2, -0.15) is 0 Å². The number of carbonyl (C=O) groups excluding carboxylic acids is 1. The lowest BCUT2D eigenvalue weighted by Crippen LogP contribution is -2.26. The van der Waals surface area contributed by atoms with E-state index in [4.69, 9.17) is 4.42 Å². The largest absolute Gasteiger partial charge is 0.469 e. The van der Waals surface area contributed by atoms with Gasteiger partial charge in [0.2, 0.25) is 15.9 Å². The summed E-state index contributed by atoms with van der Waals surface area (Å²) in [7, 11) is -3.54. The number of aryl methyl sites for hydroxylation is 1. The molecular formula is C17H20N2O4S. The number of amides is 1. The van der Waals surface area contributed by atoms with Crippen LogP contribution in [0.5, 0.6) is 0 Å². The molecule has 3 rings (SSSR count). The molecule has 7 heteroatoms. The molecule has 1 N–H and O–H groups in total. The lowest BCUT2D eigenvalue weighted by atomic mass is 10.2. The summed E-state index contributed by atoms with van der Waals surface area (Å²) < 4.78 is 32.3. The van der Waals surface area contributed by atoms with Crippen LogP contribution in [0.15, 0.2) is 52.0 Å². The number of sulfonamides is 1. The van der Waals surface area contributed by atoms with Crippen molar-refractivity contribution in [3.8, 4) is 0 Å². The zero-order valence-corrected chi connectivity index (χ0v) is 14.1. The third kappa shape index (κ3) is 3.85. The lowest BCUT2D eigenvalue weighted by Gasteiger charge is -2.16. The summed E-state index contributed by atoms with van der Waals surface area (Å²) in [6, 6.07) is 10.1. The molecule has 1 aromatic heterocycles. The molecule has 24 heavy (non-hydrogen) atoms. The van der Waals surface area contributed by atoms with E-state index in [1.165, 1.54) is 12.1 Å². The van der Waals surface area contributed by atoms with Crippen LogP contribution in [0.3, 0.4) is 0 Å². The molecule has 6 nitrogen and oxygen atoms in total. The van der Waals surface area contributed by atoms with Crippen molar-refractivity contribution in [1.82, 2.24) is 4.72 Å². The van der Waals surface area contributed by atoms with E-state index in [2.05, 4.69) is 4.72 Å². The van der Waals surface area contributed by atoms with Crippen molar-refractivity contribution in [3.05, 3.63) is 48.4 Å². The molecule has 0 bridgehead atoms. The maximum Gasteiger partial charge on any atom is 0.240 e. The Kier molecular flexibility index (Phi) is 5.01. The van der Waals surface area contributed by atoms with Crippen molar-refractivity contribution < 1.29 is 17.6 Å². The van der Waals surface area contributed by atoms with Crippen molar-refractivity contribution >= 4 is 21.6 Å². The first-order valence-corrected chi connectivity index (χ1v) is 9.47. The van der Waals surface area contributed by atoms with Gasteiger partial charge >= 0.3 is 0 Å². The Bertz CT molecular complexity index is 783. The minimum Gasteiger partial charge on any atom is -0.469 e. The maximum atomic E-state index is 12.3. The van der Waals surface area contributed by atoms with Crippen molar-refractivity contribution in [2.24, 2.45) is 0 Å². The maximum absolute atomic E-state index is 12.3. The van der Waals surface area contributed by atoms with Crippen molar-refractivity contribution in [2.45, 2.75) is 30.6 Å². The first-order chi connectivity index (χ1) is 11.6. The number of benzene rings is 1. The Morgan fingerprint density at radius 2 is 1.96 bits per heavy atom. The standard InChI is InChI=1S/C17H20N2O4S/c20-17-6-2-12-19(17)14-7-9-16(10-8-14)24(21,22)18-11-1-4-15-5-3-13-23-15/h3,5,7-10,13,18H,1-2,4,6,11-12H2. The van der Waals surface area contributed by atoms with E-state index >= 15 is 0 Å². The van der Waals surface area contributed by atoms with E-state index in [1.54, 1.807) is 23.3 Å². The smallest absolute Gasteiger partial charge is 0.240 e. The highest BCUT2D eigenvalue weighted by molar-refractivity contribution is 7.89. The van der Waals surface area contributed by atoms with E-state index in [0.717, 1.165) is 17.9 Å². The lowest BCUT2D eigenvalue weighted by molar-refractivity contribution is -0.117. The summed E-state index contributed by atoms with van der Waals surface area (Å²) in [5.74, 6) is 0.926. The van der Waals surface area contributed by atoms with Crippen LogP contribution in [0.25, 0.3) is 0 Å². The third-order valence-electron chi connectivity index (χ3n) is 4.00. The van der Waals surface area contributed by atoms with E-state index in [1.807, 2.05) is 12.1 Å². The van der Waals surface area contributed by atoms with Crippen LogP contribution in [0.4, 0.5) is 5.69 Å². The predicted octanol–water partition coefficient (Wildman–Crippen LogP) is 2.32. The topological polar surface area (TPSA) is 79.6 Å². The molecule has 2 heterocycles. The number of hydrogen-bond acceptors (Lipinski definition) is 4. The number of rotatable bonds is 7. The van der Waals surface area contributed by atoms with Crippen molar-refractivity contribution in [2.75, 3.05) is 18.0 Å². The number of hydrogen-bond donors (Lipinski definition) is 1. The van der Waals surface area contributed by atoms with Gasteiger partial charge < -0.3 is 9.32 Å². The molecule has 1 aromatic carbocycles. The summed E-state index contributed by atoms with van der Waals surface area (Å²) >= 11 is 0. The fourth-order valence-corrected chi connectivity index (χ4v) is 3.81. The number of carbonyl (C=O) groups is 1. The van der Waals surface area contributed by atoms with Crippen LogP contribution < -0.4 is 9.62 Å². The fraction of sp³-hybridized carbons (Fsp3) is 0.353. The summed E-state index contributed by atoms with van der Waals surface area (Å²) in [5.41, 5.74) is 0.745. The van der Waals surface area contributed by atoms with Gasteiger partial charge in [0.25, 0.3) is 0 Å². The molecule has 2 aromatic rings. The summed E-state index contributed by atoms with van der Waals surface area (Å²) in [6.45, 7) is 1.03. The van der Waals surface area contributed by atoms with Gasteiger partial charge in [0.1, 0.15) is 5.76 Å². The molecule has 1 fully saturated rings. The molecule has 1 saturated heterocycles. The minimum absolute atomic E-state index is 0.0849. The molecule has 0 saturated carbocycles. The van der Waals surface area contributed by atoms with E-state index in [9.17, 15) is 13.2 Å². The SMILES string of the molecule is O=C1CCCN1c1ccc(S(=O)(=O)NCCCc2ccco2)cc1. The monoisotopic (exact) mass is 348 g/mol. The van der Waals surface area contributed by atoms with Gasteiger partial charge in [-0.1, -0.05) is 0 Å². The molecule has 0 aliphatic carbocycles. The molecule has 1 aliphatic heterocycles. The van der Waals surface area contributed by atoms with Crippen LogP contribution in [-0.4, -0.2) is 27.4 Å². The van der Waals surface area contributed by atoms with Gasteiger partial charge in [0, 0.05) is 31.6 Å². The van der Waals surface area contributed by atoms with Crippen LogP contribution >= 0.6 is 0 Å². The average molecular weight is 348 g/mol. The van der Waals surface area contributed by atoms with E-state index in [-0.39, 0.29) is 10.8 Å². The number of furan rings is 1.